The third-order valence-electron chi connectivity index (χ3n) is 3.68. The Balaban J connectivity index is 4.01. The molecule has 0 N–H and O–H groups in total. The first-order valence-electron chi connectivity index (χ1n) is 8.93. The molecule has 0 amide bonds. The number of carbonyl (C=O) groups excluding carboxylic acids is 3. The van der Waals surface area contributed by atoms with Crippen LogP contribution in [0.3, 0.4) is 0 Å². The maximum Gasteiger partial charge on any atom is 0.302 e. The maximum atomic E-state index is 11.9. The molecule has 140 valence electrons. The van der Waals surface area contributed by atoms with Gasteiger partial charge in [-0.2, -0.15) is 0 Å². The summed E-state index contributed by atoms with van der Waals surface area (Å²) in [4.78, 5) is 33.5. The number of hydrogen-bond acceptors (Lipinski definition) is 4. The molecule has 0 aromatic heterocycles. The van der Waals surface area contributed by atoms with Crippen molar-refractivity contribution in [3.05, 3.63) is 34.9 Å². The normalized spacial score (nSPS) is 11.8. The van der Waals surface area contributed by atoms with Crippen LogP contribution in [0, 0.1) is 0 Å². The predicted octanol–water partition coefficient (Wildman–Crippen LogP) is 4.89. The second-order valence-corrected chi connectivity index (χ2v) is 6.47. The molecule has 0 aliphatic carbocycles. The van der Waals surface area contributed by atoms with Gasteiger partial charge in [0.05, 0.1) is 6.61 Å². The van der Waals surface area contributed by atoms with Gasteiger partial charge in [0.2, 0.25) is 0 Å². The summed E-state index contributed by atoms with van der Waals surface area (Å²) in [6.45, 7) is 7.83. The average molecular weight is 348 g/mol. The smallest absolute Gasteiger partial charge is 0.302 e. The van der Waals surface area contributed by atoms with E-state index in [0.29, 0.717) is 31.3 Å². The number of allylic oxidation sites excluding steroid dienone is 5. The molecule has 0 spiro atoms. The molecular weight excluding hydrogens is 316 g/mol. The number of esters is 1. The fourth-order valence-electron chi connectivity index (χ4n) is 2.24. The van der Waals surface area contributed by atoms with Crippen molar-refractivity contribution in [2.24, 2.45) is 0 Å². The van der Waals surface area contributed by atoms with Crippen molar-refractivity contribution in [2.45, 2.75) is 72.6 Å². The van der Waals surface area contributed by atoms with Crippen molar-refractivity contribution in [2.75, 3.05) is 6.61 Å². The minimum atomic E-state index is -0.357. The number of carbonyl (C=O) groups is 3. The van der Waals surface area contributed by atoms with E-state index in [1.165, 1.54) is 18.1 Å². The summed E-state index contributed by atoms with van der Waals surface area (Å²) in [6.07, 6.45) is 11.7. The first-order valence-corrected chi connectivity index (χ1v) is 8.93. The second kappa shape index (κ2) is 14.4. The van der Waals surface area contributed by atoms with Gasteiger partial charge < -0.3 is 4.74 Å². The van der Waals surface area contributed by atoms with Crippen molar-refractivity contribution in [1.82, 2.24) is 0 Å². The Bertz CT molecular complexity index is 520. The van der Waals surface area contributed by atoms with Crippen LogP contribution in [0.5, 0.6) is 0 Å². The van der Waals surface area contributed by atoms with Crippen LogP contribution >= 0.6 is 0 Å². The lowest BCUT2D eigenvalue weighted by atomic mass is 10.1. The molecule has 4 nitrogen and oxygen atoms in total. The highest BCUT2D eigenvalue weighted by Gasteiger charge is 2.02. The Kier molecular flexibility index (Phi) is 13.2. The molecule has 4 heteroatoms. The van der Waals surface area contributed by atoms with Crippen LogP contribution < -0.4 is 0 Å². The van der Waals surface area contributed by atoms with Gasteiger partial charge in [0, 0.05) is 26.2 Å². The fraction of sp³-hybridized carbons (Fsp3) is 0.571. The lowest BCUT2D eigenvalue weighted by Crippen LogP contribution is -2.02. The highest BCUT2D eigenvalue weighted by molar-refractivity contribution is 5.79. The lowest BCUT2D eigenvalue weighted by molar-refractivity contribution is -0.141. The maximum absolute atomic E-state index is 11.9. The lowest BCUT2D eigenvalue weighted by Gasteiger charge is -2.02. The van der Waals surface area contributed by atoms with Crippen LogP contribution in [0.15, 0.2) is 34.9 Å². The van der Waals surface area contributed by atoms with Crippen molar-refractivity contribution in [1.29, 1.82) is 0 Å². The topological polar surface area (TPSA) is 60.4 Å². The van der Waals surface area contributed by atoms with Gasteiger partial charge in [-0.3, -0.25) is 14.4 Å². The Hall–Kier alpha value is -1.97. The highest BCUT2D eigenvalue weighted by Crippen LogP contribution is 2.10. The van der Waals surface area contributed by atoms with E-state index in [1.807, 2.05) is 0 Å². The molecular formula is C21H32O4. The summed E-state index contributed by atoms with van der Waals surface area (Å²) in [6, 6.07) is 0. The van der Waals surface area contributed by atoms with Crippen molar-refractivity contribution in [3.63, 3.8) is 0 Å². The van der Waals surface area contributed by atoms with Gasteiger partial charge >= 0.3 is 5.97 Å². The molecule has 0 aromatic rings. The Morgan fingerprint density at radius 3 is 1.96 bits per heavy atom. The number of Topliss-reactive ketones (excluding diaryl/α,β-unsaturated/α-hetero) is 1. The van der Waals surface area contributed by atoms with Gasteiger partial charge in [-0.25, -0.2) is 0 Å². The minimum absolute atomic E-state index is 0.199. The monoisotopic (exact) mass is 348 g/mol. The van der Waals surface area contributed by atoms with Crippen LogP contribution in [-0.2, 0) is 19.1 Å². The molecule has 0 saturated carbocycles. The Morgan fingerprint density at radius 1 is 0.800 bits per heavy atom. The number of hydrogen-bond donors (Lipinski definition) is 0. The van der Waals surface area contributed by atoms with E-state index in [9.17, 15) is 14.4 Å². The van der Waals surface area contributed by atoms with Crippen molar-refractivity contribution >= 4 is 18.0 Å². The number of ether oxygens (including phenoxy) is 1. The second-order valence-electron chi connectivity index (χ2n) is 6.47. The largest absolute Gasteiger partial charge is 0.466 e. The van der Waals surface area contributed by atoms with E-state index in [-0.39, 0.29) is 18.4 Å². The van der Waals surface area contributed by atoms with E-state index < -0.39 is 0 Å². The quantitative estimate of drug-likeness (QED) is 0.206. The summed E-state index contributed by atoms with van der Waals surface area (Å²) in [5, 5.41) is 0. The van der Waals surface area contributed by atoms with Crippen LogP contribution in [0.25, 0.3) is 0 Å². The minimum Gasteiger partial charge on any atom is -0.466 e. The van der Waals surface area contributed by atoms with Crippen molar-refractivity contribution in [3.8, 4) is 0 Å². The number of aldehydes is 1. The predicted molar refractivity (Wildman–Crippen MR) is 101 cm³/mol. The molecule has 0 aromatic carbocycles. The summed E-state index contributed by atoms with van der Waals surface area (Å²) in [5.74, 6) is -0.153. The van der Waals surface area contributed by atoms with Crippen molar-refractivity contribution < 1.29 is 19.1 Å². The summed E-state index contributed by atoms with van der Waals surface area (Å²) >= 11 is 0. The van der Waals surface area contributed by atoms with E-state index in [0.717, 1.165) is 25.5 Å². The summed E-state index contributed by atoms with van der Waals surface area (Å²) in [7, 11) is 0. The van der Waals surface area contributed by atoms with Crippen LogP contribution in [0.2, 0.25) is 0 Å². The molecule has 0 atom stereocenters. The first kappa shape index (κ1) is 23.0. The van der Waals surface area contributed by atoms with Gasteiger partial charge in [0.15, 0.2) is 0 Å². The molecule has 0 fully saturated rings. The standard InChI is InChI=1S/C21H32O4/c1-17(2)8-5-9-18(3)10-6-12-21(24)13-7-11-20(16-22)14-15-25-19(4)23/h8,10-11,16H,5-7,9,12-15H2,1-4H3/b18-10+,20-11+. The molecule has 0 saturated heterocycles. The zero-order valence-corrected chi connectivity index (χ0v) is 16.1. The number of rotatable bonds is 13. The third-order valence-corrected chi connectivity index (χ3v) is 3.68. The van der Waals surface area contributed by atoms with Crippen LogP contribution in [0.1, 0.15) is 72.6 Å². The van der Waals surface area contributed by atoms with E-state index in [2.05, 4.69) is 32.9 Å². The SMILES string of the molecule is CC(=O)OCC/C(C=O)=C\CCC(=O)CC/C=C(\C)CCC=C(C)C. The zero-order chi connectivity index (χ0) is 19.1. The zero-order valence-electron chi connectivity index (χ0n) is 16.1. The molecule has 0 bridgehead atoms. The average Bonchev–Trinajstić information content (AvgIpc) is 2.52. The van der Waals surface area contributed by atoms with Gasteiger partial charge in [-0.05, 0) is 52.0 Å². The first-order chi connectivity index (χ1) is 11.8. The number of ketones is 1. The summed E-state index contributed by atoms with van der Waals surface area (Å²) in [5.41, 5.74) is 3.22. The molecule has 25 heavy (non-hydrogen) atoms. The molecule has 0 aliphatic rings. The third kappa shape index (κ3) is 15.3. The van der Waals surface area contributed by atoms with Gasteiger partial charge in [-0.15, -0.1) is 0 Å². The van der Waals surface area contributed by atoms with Crippen LogP contribution in [0.4, 0.5) is 0 Å². The highest BCUT2D eigenvalue weighted by atomic mass is 16.5. The molecule has 0 aliphatic heterocycles. The van der Waals surface area contributed by atoms with E-state index >= 15 is 0 Å². The molecule has 0 unspecified atom stereocenters. The molecule has 0 rings (SSSR count). The van der Waals surface area contributed by atoms with Gasteiger partial charge in [0.25, 0.3) is 0 Å². The molecule has 0 radical (unpaired) electrons. The van der Waals surface area contributed by atoms with Gasteiger partial charge in [-0.1, -0.05) is 29.4 Å². The Labute approximate surface area is 152 Å². The van der Waals surface area contributed by atoms with Crippen LogP contribution in [-0.4, -0.2) is 24.6 Å². The van der Waals surface area contributed by atoms with E-state index in [1.54, 1.807) is 6.08 Å². The molecule has 0 heterocycles. The fourth-order valence-corrected chi connectivity index (χ4v) is 2.24. The van der Waals surface area contributed by atoms with E-state index in [4.69, 9.17) is 4.74 Å². The Morgan fingerprint density at radius 2 is 1.40 bits per heavy atom. The van der Waals surface area contributed by atoms with Gasteiger partial charge in [0.1, 0.15) is 12.1 Å². The summed E-state index contributed by atoms with van der Waals surface area (Å²) < 4.78 is 4.80.